The van der Waals surface area contributed by atoms with Crippen LogP contribution in [0.4, 0.5) is 0 Å². The fraction of sp³-hybridized carbons (Fsp3) is 0.375. The minimum atomic E-state index is 0.486. The first-order valence-electron chi connectivity index (χ1n) is 3.64. The van der Waals surface area contributed by atoms with E-state index in [-0.39, 0.29) is 0 Å². The highest BCUT2D eigenvalue weighted by atomic mass is 16.4. The van der Waals surface area contributed by atoms with Gasteiger partial charge in [0.25, 0.3) is 0 Å². The zero-order chi connectivity index (χ0) is 9.14. The summed E-state index contributed by atoms with van der Waals surface area (Å²) in [5.74, 6) is 0. The Kier molecular flexibility index (Phi) is 2.38. The summed E-state index contributed by atoms with van der Waals surface area (Å²) in [4.78, 5) is 8.28. The maximum atomic E-state index is 8.50. The average molecular weight is 165 g/mol. The van der Waals surface area contributed by atoms with Gasteiger partial charge in [-0.2, -0.15) is 0 Å². The Morgan fingerprint density at radius 3 is 2.67 bits per heavy atom. The molecule has 0 fully saturated rings. The first-order chi connectivity index (χ1) is 5.65. The molecule has 1 aromatic heterocycles. The van der Waals surface area contributed by atoms with Gasteiger partial charge in [-0.1, -0.05) is 5.16 Å². The molecule has 0 spiro atoms. The molecule has 0 amide bonds. The molecule has 1 N–H and O–H groups in total. The van der Waals surface area contributed by atoms with Crippen LogP contribution in [0.5, 0.6) is 0 Å². The normalized spacial score (nSPS) is 11.8. The molecule has 1 aromatic rings. The second-order valence-electron chi connectivity index (χ2n) is 2.63. The highest BCUT2D eigenvalue weighted by Crippen LogP contribution is 2.03. The predicted octanol–water partition coefficient (Wildman–Crippen LogP) is 1.29. The van der Waals surface area contributed by atoms with E-state index in [2.05, 4.69) is 15.1 Å². The Balaban J connectivity index is 3.18. The van der Waals surface area contributed by atoms with E-state index in [1.807, 2.05) is 13.8 Å². The molecule has 0 aliphatic rings. The van der Waals surface area contributed by atoms with E-state index in [0.717, 1.165) is 11.4 Å². The molecule has 64 valence electrons. The lowest BCUT2D eigenvalue weighted by molar-refractivity contribution is 0.319. The van der Waals surface area contributed by atoms with Crippen LogP contribution in [0.2, 0.25) is 0 Å². The summed E-state index contributed by atoms with van der Waals surface area (Å²) >= 11 is 0. The van der Waals surface area contributed by atoms with Gasteiger partial charge < -0.3 is 5.21 Å². The van der Waals surface area contributed by atoms with Gasteiger partial charge in [-0.05, 0) is 20.8 Å². The standard InChI is InChI=1S/C8H11N3O/c1-5-4-9-8(6(2)10-5)7(3)11-12/h4,12H,1-3H3. The minimum Gasteiger partial charge on any atom is -0.411 e. The van der Waals surface area contributed by atoms with Gasteiger partial charge in [-0.3, -0.25) is 9.97 Å². The van der Waals surface area contributed by atoms with Crippen molar-refractivity contribution in [3.63, 3.8) is 0 Å². The molecule has 4 nitrogen and oxygen atoms in total. The molecule has 12 heavy (non-hydrogen) atoms. The second-order valence-corrected chi connectivity index (χ2v) is 2.63. The Labute approximate surface area is 71.0 Å². The van der Waals surface area contributed by atoms with E-state index in [0.29, 0.717) is 11.4 Å². The highest BCUT2D eigenvalue weighted by Gasteiger charge is 2.04. The molecule has 1 heterocycles. The third kappa shape index (κ3) is 1.58. The van der Waals surface area contributed by atoms with Crippen molar-refractivity contribution in [2.45, 2.75) is 20.8 Å². The van der Waals surface area contributed by atoms with Gasteiger partial charge in [0, 0.05) is 6.20 Å². The quantitative estimate of drug-likeness (QED) is 0.387. The van der Waals surface area contributed by atoms with E-state index < -0.39 is 0 Å². The fourth-order valence-electron chi connectivity index (χ4n) is 1.00. The largest absolute Gasteiger partial charge is 0.411 e. The topological polar surface area (TPSA) is 58.4 Å². The van der Waals surface area contributed by atoms with Crippen LogP contribution in [0.3, 0.4) is 0 Å². The molecule has 0 atom stereocenters. The molecular formula is C8H11N3O. The molecule has 0 bridgehead atoms. The maximum absolute atomic E-state index is 8.50. The minimum absolute atomic E-state index is 0.486. The van der Waals surface area contributed by atoms with Gasteiger partial charge in [0.2, 0.25) is 0 Å². The van der Waals surface area contributed by atoms with E-state index in [1.165, 1.54) is 0 Å². The summed E-state index contributed by atoms with van der Waals surface area (Å²) in [5, 5.41) is 11.6. The molecule has 0 aliphatic carbocycles. The Morgan fingerprint density at radius 2 is 2.17 bits per heavy atom. The summed E-state index contributed by atoms with van der Waals surface area (Å²) in [6.07, 6.45) is 1.65. The first kappa shape index (κ1) is 8.64. The van der Waals surface area contributed by atoms with Crippen LogP contribution in [-0.4, -0.2) is 20.9 Å². The first-order valence-corrected chi connectivity index (χ1v) is 3.64. The smallest absolute Gasteiger partial charge is 0.109 e. The zero-order valence-electron chi connectivity index (χ0n) is 7.37. The van der Waals surface area contributed by atoms with Crippen LogP contribution >= 0.6 is 0 Å². The van der Waals surface area contributed by atoms with Crippen molar-refractivity contribution in [3.05, 3.63) is 23.3 Å². The third-order valence-corrected chi connectivity index (χ3v) is 1.56. The molecule has 0 aromatic carbocycles. The number of aryl methyl sites for hydroxylation is 2. The van der Waals surface area contributed by atoms with Crippen LogP contribution in [0.1, 0.15) is 24.0 Å². The van der Waals surface area contributed by atoms with Crippen LogP contribution in [-0.2, 0) is 0 Å². The highest BCUT2D eigenvalue weighted by molar-refractivity contribution is 5.97. The number of aromatic nitrogens is 2. The van der Waals surface area contributed by atoms with E-state index in [9.17, 15) is 0 Å². The summed E-state index contributed by atoms with van der Waals surface area (Å²) < 4.78 is 0. The van der Waals surface area contributed by atoms with E-state index in [1.54, 1.807) is 13.1 Å². The molecule has 0 radical (unpaired) electrons. The molecule has 0 unspecified atom stereocenters. The number of hydrogen-bond acceptors (Lipinski definition) is 4. The van der Waals surface area contributed by atoms with Crippen LogP contribution < -0.4 is 0 Å². The van der Waals surface area contributed by atoms with Gasteiger partial charge in [-0.25, -0.2) is 0 Å². The zero-order valence-corrected chi connectivity index (χ0v) is 7.37. The maximum Gasteiger partial charge on any atom is 0.109 e. The van der Waals surface area contributed by atoms with Gasteiger partial charge >= 0.3 is 0 Å². The van der Waals surface area contributed by atoms with Crippen LogP contribution in [0.15, 0.2) is 11.4 Å². The molecule has 0 aliphatic heterocycles. The van der Waals surface area contributed by atoms with Crippen molar-refractivity contribution in [2.75, 3.05) is 0 Å². The number of rotatable bonds is 1. The van der Waals surface area contributed by atoms with E-state index >= 15 is 0 Å². The summed E-state index contributed by atoms with van der Waals surface area (Å²) in [6.45, 7) is 5.39. The van der Waals surface area contributed by atoms with Gasteiger partial charge in [-0.15, -0.1) is 0 Å². The molecular weight excluding hydrogens is 154 g/mol. The monoisotopic (exact) mass is 165 g/mol. The Hall–Kier alpha value is -1.45. The van der Waals surface area contributed by atoms with Crippen molar-refractivity contribution < 1.29 is 5.21 Å². The lowest BCUT2D eigenvalue weighted by Gasteiger charge is -2.01. The SMILES string of the molecule is CC(=NO)c1ncc(C)nc1C. The molecule has 4 heteroatoms. The predicted molar refractivity (Wildman–Crippen MR) is 45.5 cm³/mol. The third-order valence-electron chi connectivity index (χ3n) is 1.56. The fourth-order valence-corrected chi connectivity index (χ4v) is 1.00. The van der Waals surface area contributed by atoms with Crippen molar-refractivity contribution in [1.29, 1.82) is 0 Å². The second kappa shape index (κ2) is 3.30. The Morgan fingerprint density at radius 1 is 1.50 bits per heavy atom. The molecule has 0 saturated carbocycles. The van der Waals surface area contributed by atoms with Crippen LogP contribution in [0.25, 0.3) is 0 Å². The van der Waals surface area contributed by atoms with Gasteiger partial charge in [0.05, 0.1) is 11.4 Å². The van der Waals surface area contributed by atoms with Crippen LogP contribution in [0, 0.1) is 13.8 Å². The molecule has 1 rings (SSSR count). The summed E-state index contributed by atoms with van der Waals surface area (Å²) in [7, 11) is 0. The number of hydrogen-bond donors (Lipinski definition) is 1. The van der Waals surface area contributed by atoms with Crippen molar-refractivity contribution >= 4 is 5.71 Å². The number of nitrogens with zero attached hydrogens (tertiary/aromatic N) is 3. The van der Waals surface area contributed by atoms with Gasteiger partial charge in [0.1, 0.15) is 11.4 Å². The van der Waals surface area contributed by atoms with Crippen molar-refractivity contribution in [1.82, 2.24) is 9.97 Å². The van der Waals surface area contributed by atoms with Gasteiger partial charge in [0.15, 0.2) is 0 Å². The van der Waals surface area contributed by atoms with E-state index in [4.69, 9.17) is 5.21 Å². The lowest BCUT2D eigenvalue weighted by Crippen LogP contribution is -2.04. The Bertz CT molecular complexity index is 320. The van der Waals surface area contributed by atoms with Crippen molar-refractivity contribution in [2.24, 2.45) is 5.16 Å². The average Bonchev–Trinajstić information content (AvgIpc) is 2.03. The number of oxime groups is 1. The summed E-state index contributed by atoms with van der Waals surface area (Å²) in [5.41, 5.74) is 2.77. The lowest BCUT2D eigenvalue weighted by atomic mass is 10.2. The van der Waals surface area contributed by atoms with Crippen molar-refractivity contribution in [3.8, 4) is 0 Å². The molecule has 0 saturated heterocycles. The summed E-state index contributed by atoms with van der Waals surface area (Å²) in [6, 6.07) is 0.